The van der Waals surface area contributed by atoms with Crippen molar-refractivity contribution in [1.29, 1.82) is 0 Å². The molecule has 1 fully saturated rings. The maximum absolute atomic E-state index is 13.2. The summed E-state index contributed by atoms with van der Waals surface area (Å²) in [4.78, 5) is 15.2. The van der Waals surface area contributed by atoms with Gasteiger partial charge in [-0.2, -0.15) is 12.7 Å². The second kappa shape index (κ2) is 10.8. The van der Waals surface area contributed by atoms with Crippen LogP contribution in [0.4, 0.5) is 10.1 Å². The van der Waals surface area contributed by atoms with E-state index in [0.29, 0.717) is 31.6 Å². The van der Waals surface area contributed by atoms with Crippen molar-refractivity contribution in [3.8, 4) is 0 Å². The number of fused-ring (bicyclic) bond motifs is 1. The van der Waals surface area contributed by atoms with Gasteiger partial charge in [-0.1, -0.05) is 24.3 Å². The number of hydrogen-bond donors (Lipinski definition) is 1. The first kappa shape index (κ1) is 24.6. The van der Waals surface area contributed by atoms with Crippen molar-refractivity contribution in [2.24, 2.45) is 5.92 Å². The van der Waals surface area contributed by atoms with Crippen molar-refractivity contribution in [3.63, 3.8) is 0 Å². The average Bonchev–Trinajstić information content (AvgIpc) is 2.86. The van der Waals surface area contributed by atoms with Gasteiger partial charge in [0.05, 0.1) is 11.6 Å². The number of anilines is 1. The fraction of sp³-hybridized carbons (Fsp3) is 0.480. The largest absolute Gasteiger partial charge is 0.356 e. The van der Waals surface area contributed by atoms with E-state index in [-0.39, 0.29) is 18.4 Å². The van der Waals surface area contributed by atoms with Crippen LogP contribution in [-0.2, 0) is 28.0 Å². The number of carbonyl (C=O) groups is 1. The van der Waals surface area contributed by atoms with Gasteiger partial charge in [-0.15, -0.1) is 0 Å². The lowest BCUT2D eigenvalue weighted by Gasteiger charge is -2.34. The van der Waals surface area contributed by atoms with Crippen LogP contribution in [0.15, 0.2) is 48.5 Å². The predicted molar refractivity (Wildman–Crippen MR) is 131 cm³/mol. The summed E-state index contributed by atoms with van der Waals surface area (Å²) in [6, 6.07) is 13.9. The molecule has 7 nitrogen and oxygen atoms in total. The van der Waals surface area contributed by atoms with Gasteiger partial charge in [-0.25, -0.2) is 4.39 Å². The summed E-state index contributed by atoms with van der Waals surface area (Å²) >= 11 is 0. The molecule has 34 heavy (non-hydrogen) atoms. The maximum Gasteiger partial charge on any atom is 0.303 e. The minimum absolute atomic E-state index is 0.0895. The fourth-order valence-electron chi connectivity index (χ4n) is 4.73. The molecule has 1 N–H and O–H groups in total. The molecule has 2 aliphatic heterocycles. The third-order valence-corrected chi connectivity index (χ3v) is 8.66. The number of amides is 1. The van der Waals surface area contributed by atoms with Gasteiger partial charge in [-0.05, 0) is 61.1 Å². The molecule has 1 atom stereocenters. The maximum atomic E-state index is 13.2. The third kappa shape index (κ3) is 5.76. The van der Waals surface area contributed by atoms with Crippen molar-refractivity contribution in [1.82, 2.24) is 14.5 Å². The Bertz CT molecular complexity index is 1090. The van der Waals surface area contributed by atoms with Crippen LogP contribution < -0.4 is 9.62 Å². The summed E-state index contributed by atoms with van der Waals surface area (Å²) < 4.78 is 41.9. The second-order valence-electron chi connectivity index (χ2n) is 9.09. The lowest BCUT2D eigenvalue weighted by Crippen LogP contribution is -2.50. The van der Waals surface area contributed by atoms with Gasteiger partial charge in [0.25, 0.3) is 0 Å². The Morgan fingerprint density at radius 3 is 2.62 bits per heavy atom. The van der Waals surface area contributed by atoms with E-state index in [0.717, 1.165) is 36.8 Å². The van der Waals surface area contributed by atoms with Gasteiger partial charge in [0.15, 0.2) is 0 Å². The van der Waals surface area contributed by atoms with Crippen LogP contribution >= 0.6 is 0 Å². The molecular weight excluding hydrogens is 455 g/mol. The van der Waals surface area contributed by atoms with Crippen molar-refractivity contribution in [2.45, 2.75) is 32.2 Å². The zero-order valence-corrected chi connectivity index (χ0v) is 20.4. The van der Waals surface area contributed by atoms with Gasteiger partial charge in [0, 0.05) is 46.3 Å². The number of nitrogens with one attached hydrogen (secondary N) is 1. The van der Waals surface area contributed by atoms with Crippen LogP contribution in [0, 0.1) is 11.7 Å². The molecule has 1 unspecified atom stereocenters. The number of hydrogen-bond acceptors (Lipinski definition) is 4. The summed E-state index contributed by atoms with van der Waals surface area (Å²) in [5, 5.41) is 3.01. The van der Waals surface area contributed by atoms with Gasteiger partial charge in [0.2, 0.25) is 5.91 Å². The lowest BCUT2D eigenvalue weighted by atomic mass is 9.99. The number of halogens is 1. The number of rotatable bonds is 8. The molecule has 1 saturated heterocycles. The molecule has 0 spiro atoms. The number of piperidine rings is 1. The highest BCUT2D eigenvalue weighted by Gasteiger charge is 2.34. The highest BCUT2D eigenvalue weighted by atomic mass is 32.2. The molecule has 184 valence electrons. The van der Waals surface area contributed by atoms with Crippen LogP contribution in [0.3, 0.4) is 0 Å². The minimum atomic E-state index is -3.80. The van der Waals surface area contributed by atoms with Crippen molar-refractivity contribution >= 4 is 21.8 Å². The Labute approximate surface area is 201 Å². The molecule has 0 radical (unpaired) electrons. The first-order valence-corrected chi connectivity index (χ1v) is 13.3. The van der Waals surface area contributed by atoms with E-state index >= 15 is 0 Å². The van der Waals surface area contributed by atoms with E-state index in [2.05, 4.69) is 34.5 Å². The molecule has 1 amide bonds. The van der Waals surface area contributed by atoms with E-state index < -0.39 is 16.0 Å². The van der Waals surface area contributed by atoms with E-state index in [1.54, 1.807) is 0 Å². The van der Waals surface area contributed by atoms with Crippen LogP contribution in [0.1, 0.15) is 30.4 Å². The van der Waals surface area contributed by atoms with Crippen molar-refractivity contribution in [3.05, 3.63) is 65.5 Å². The Balaban J connectivity index is 1.24. The third-order valence-electron chi connectivity index (χ3n) is 6.78. The molecule has 2 heterocycles. The highest BCUT2D eigenvalue weighted by Crippen LogP contribution is 2.24. The Morgan fingerprint density at radius 1 is 1.12 bits per heavy atom. The predicted octanol–water partition coefficient (Wildman–Crippen LogP) is 2.78. The molecule has 0 bridgehead atoms. The standard InChI is InChI=1S/C25H33FN4O3S/c1-28(24-11-9-23(26)10-12-24)34(32,33)30-16-4-8-22(19-30)25(31)27-14-5-15-29-17-13-20-6-2-3-7-21(20)18-29/h2-3,6-7,9-12,22H,4-5,8,13-19H2,1H3,(H,27,31). The molecule has 0 saturated carbocycles. The number of nitrogens with zero attached hydrogens (tertiary/aromatic N) is 3. The molecule has 9 heteroatoms. The first-order valence-electron chi connectivity index (χ1n) is 11.9. The summed E-state index contributed by atoms with van der Waals surface area (Å²) in [5.41, 5.74) is 3.19. The van der Waals surface area contributed by atoms with Gasteiger partial charge >= 0.3 is 10.2 Å². The van der Waals surface area contributed by atoms with Crippen molar-refractivity contribution in [2.75, 3.05) is 44.1 Å². The smallest absolute Gasteiger partial charge is 0.303 e. The van der Waals surface area contributed by atoms with Crippen molar-refractivity contribution < 1.29 is 17.6 Å². The van der Waals surface area contributed by atoms with Crippen LogP contribution in [0.2, 0.25) is 0 Å². The van der Waals surface area contributed by atoms with E-state index in [1.807, 2.05) is 0 Å². The Kier molecular flexibility index (Phi) is 7.85. The molecule has 4 rings (SSSR count). The molecular formula is C25H33FN4O3S. The summed E-state index contributed by atoms with van der Waals surface area (Å²) in [7, 11) is -2.35. The van der Waals surface area contributed by atoms with Crippen LogP contribution in [-0.4, -0.2) is 63.3 Å². The quantitative estimate of drug-likeness (QED) is 0.580. The summed E-state index contributed by atoms with van der Waals surface area (Å²) in [5.74, 6) is -0.880. The van der Waals surface area contributed by atoms with Gasteiger partial charge in [-0.3, -0.25) is 14.0 Å². The zero-order valence-electron chi connectivity index (χ0n) is 19.6. The fourth-order valence-corrected chi connectivity index (χ4v) is 6.19. The van der Waals surface area contributed by atoms with Gasteiger partial charge < -0.3 is 5.32 Å². The topological polar surface area (TPSA) is 73.0 Å². The molecule has 2 aromatic carbocycles. The second-order valence-corrected chi connectivity index (χ2v) is 11.0. The molecule has 0 aromatic heterocycles. The molecule has 0 aliphatic carbocycles. The lowest BCUT2D eigenvalue weighted by molar-refractivity contribution is -0.126. The van der Waals surface area contributed by atoms with Crippen LogP contribution in [0.25, 0.3) is 0 Å². The first-order chi connectivity index (χ1) is 16.3. The van der Waals surface area contributed by atoms with Gasteiger partial charge in [0.1, 0.15) is 5.82 Å². The minimum Gasteiger partial charge on any atom is -0.356 e. The Hall–Kier alpha value is -2.49. The molecule has 2 aromatic rings. The van der Waals surface area contributed by atoms with E-state index in [1.165, 1.54) is 46.7 Å². The summed E-state index contributed by atoms with van der Waals surface area (Å²) in [6.07, 6.45) is 3.21. The highest BCUT2D eigenvalue weighted by molar-refractivity contribution is 7.90. The number of carbonyl (C=O) groups excluding carboxylic acids is 1. The van der Waals surface area contributed by atoms with E-state index in [9.17, 15) is 17.6 Å². The Morgan fingerprint density at radius 2 is 1.85 bits per heavy atom. The SMILES string of the molecule is CN(c1ccc(F)cc1)S(=O)(=O)N1CCCC(C(=O)NCCCN2CCc3ccccc3C2)C1. The van der Waals surface area contributed by atoms with E-state index in [4.69, 9.17) is 0 Å². The normalized spacial score (nSPS) is 19.4. The average molecular weight is 489 g/mol. The monoisotopic (exact) mass is 488 g/mol. The summed E-state index contributed by atoms with van der Waals surface area (Å²) in [6.45, 7) is 4.00. The zero-order chi connectivity index (χ0) is 24.1. The molecule has 2 aliphatic rings. The number of benzene rings is 2. The van der Waals surface area contributed by atoms with Crippen LogP contribution in [0.5, 0.6) is 0 Å².